The molecule has 6 heteroatoms. The van der Waals surface area contributed by atoms with Gasteiger partial charge < -0.3 is 5.32 Å². The molecule has 20 heavy (non-hydrogen) atoms. The van der Waals surface area contributed by atoms with Crippen LogP contribution in [0, 0.1) is 13.8 Å². The molecule has 0 bridgehead atoms. The highest BCUT2D eigenvalue weighted by Gasteiger charge is 2.31. The molecule has 0 atom stereocenters. The van der Waals surface area contributed by atoms with E-state index in [1.165, 1.54) is 12.3 Å². The van der Waals surface area contributed by atoms with Crippen molar-refractivity contribution in [1.82, 2.24) is 9.97 Å². The van der Waals surface area contributed by atoms with Gasteiger partial charge in [0, 0.05) is 18.4 Å². The third-order valence-electron chi connectivity index (χ3n) is 2.94. The van der Waals surface area contributed by atoms with Crippen molar-refractivity contribution in [3.8, 4) is 0 Å². The van der Waals surface area contributed by atoms with Crippen LogP contribution in [0.5, 0.6) is 0 Å². The number of nitrogens with zero attached hydrogens (tertiary/aromatic N) is 2. The van der Waals surface area contributed by atoms with Crippen molar-refractivity contribution in [3.63, 3.8) is 0 Å². The number of rotatable bonds is 3. The number of aromatic nitrogens is 2. The summed E-state index contributed by atoms with van der Waals surface area (Å²) in [6.45, 7) is 4.24. The van der Waals surface area contributed by atoms with Crippen LogP contribution in [0.1, 0.15) is 22.5 Å². The maximum Gasteiger partial charge on any atom is 0.433 e. The van der Waals surface area contributed by atoms with E-state index < -0.39 is 11.9 Å². The van der Waals surface area contributed by atoms with Crippen molar-refractivity contribution in [2.45, 2.75) is 26.6 Å². The van der Waals surface area contributed by atoms with E-state index in [0.717, 1.165) is 17.3 Å². The van der Waals surface area contributed by atoms with Crippen LogP contribution in [0.4, 0.5) is 19.0 Å². The summed E-state index contributed by atoms with van der Waals surface area (Å²) in [7, 11) is 0. The molecule has 0 aliphatic rings. The van der Waals surface area contributed by atoms with E-state index in [1.54, 1.807) is 0 Å². The number of halogens is 3. The number of hydrogen-bond acceptors (Lipinski definition) is 3. The molecule has 3 nitrogen and oxygen atoms in total. The maximum atomic E-state index is 12.4. The van der Waals surface area contributed by atoms with Gasteiger partial charge in [-0.1, -0.05) is 12.1 Å². The van der Waals surface area contributed by atoms with E-state index in [0.29, 0.717) is 17.9 Å². The first kappa shape index (κ1) is 14.3. The van der Waals surface area contributed by atoms with Gasteiger partial charge in [0.2, 0.25) is 0 Å². The van der Waals surface area contributed by atoms with E-state index in [4.69, 9.17) is 0 Å². The predicted molar refractivity (Wildman–Crippen MR) is 70.3 cm³/mol. The van der Waals surface area contributed by atoms with Crippen LogP contribution in [-0.2, 0) is 12.7 Å². The second-order valence-corrected chi connectivity index (χ2v) is 4.50. The van der Waals surface area contributed by atoms with Gasteiger partial charge in [-0.05, 0) is 37.1 Å². The Morgan fingerprint density at radius 2 is 1.85 bits per heavy atom. The molecule has 0 saturated heterocycles. The van der Waals surface area contributed by atoms with Gasteiger partial charge in [-0.2, -0.15) is 13.2 Å². The molecular weight excluding hydrogens is 267 g/mol. The van der Waals surface area contributed by atoms with Crippen molar-refractivity contribution in [1.29, 1.82) is 0 Å². The highest BCUT2D eigenvalue weighted by Crippen LogP contribution is 2.27. The summed E-state index contributed by atoms with van der Waals surface area (Å²) in [5.74, 6) is 0.688. The van der Waals surface area contributed by atoms with Crippen molar-refractivity contribution in [2.75, 3.05) is 5.32 Å². The summed E-state index contributed by atoms with van der Waals surface area (Å²) >= 11 is 0. The van der Waals surface area contributed by atoms with Gasteiger partial charge in [0.1, 0.15) is 11.5 Å². The molecule has 0 aromatic carbocycles. The Morgan fingerprint density at radius 1 is 1.10 bits per heavy atom. The molecule has 0 amide bonds. The van der Waals surface area contributed by atoms with Crippen LogP contribution in [-0.4, -0.2) is 9.97 Å². The van der Waals surface area contributed by atoms with E-state index >= 15 is 0 Å². The molecule has 0 radical (unpaired) electrons. The van der Waals surface area contributed by atoms with E-state index in [1.807, 2.05) is 26.0 Å². The van der Waals surface area contributed by atoms with Crippen molar-refractivity contribution in [3.05, 3.63) is 53.0 Å². The highest BCUT2D eigenvalue weighted by molar-refractivity contribution is 5.38. The molecule has 0 fully saturated rings. The Hall–Kier alpha value is -2.11. The van der Waals surface area contributed by atoms with Crippen LogP contribution >= 0.6 is 0 Å². The van der Waals surface area contributed by atoms with Crippen LogP contribution < -0.4 is 5.32 Å². The van der Waals surface area contributed by atoms with Crippen LogP contribution in [0.2, 0.25) is 0 Å². The highest BCUT2D eigenvalue weighted by atomic mass is 19.4. The summed E-state index contributed by atoms with van der Waals surface area (Å²) in [6.07, 6.45) is -3.18. The molecule has 0 aliphatic heterocycles. The molecule has 0 spiro atoms. The van der Waals surface area contributed by atoms with Crippen LogP contribution in [0.15, 0.2) is 30.5 Å². The Kier molecular flexibility index (Phi) is 3.92. The molecule has 2 aromatic heterocycles. The minimum absolute atomic E-state index is 0.376. The second-order valence-electron chi connectivity index (χ2n) is 4.50. The van der Waals surface area contributed by atoms with Gasteiger partial charge in [0.15, 0.2) is 0 Å². The van der Waals surface area contributed by atoms with Gasteiger partial charge in [-0.3, -0.25) is 4.98 Å². The second kappa shape index (κ2) is 5.48. The van der Waals surface area contributed by atoms with E-state index in [2.05, 4.69) is 15.3 Å². The fourth-order valence-corrected chi connectivity index (χ4v) is 1.62. The Morgan fingerprint density at radius 3 is 2.40 bits per heavy atom. The number of anilines is 1. The molecule has 1 N–H and O–H groups in total. The summed E-state index contributed by atoms with van der Waals surface area (Å²) in [6, 6.07) is 6.16. The zero-order valence-corrected chi connectivity index (χ0v) is 11.1. The SMILES string of the molecule is Cc1ccc(NCc2ccc(C(F)(F)F)nc2)nc1C. The zero-order valence-electron chi connectivity index (χ0n) is 11.1. The molecule has 0 aliphatic carbocycles. The minimum atomic E-state index is -4.40. The smallest absolute Gasteiger partial charge is 0.366 e. The lowest BCUT2D eigenvalue weighted by Crippen LogP contribution is -2.09. The molecule has 106 valence electrons. The number of alkyl halides is 3. The van der Waals surface area contributed by atoms with Gasteiger partial charge in [0.05, 0.1) is 0 Å². The molecule has 0 unspecified atom stereocenters. The van der Waals surface area contributed by atoms with E-state index in [-0.39, 0.29) is 0 Å². The van der Waals surface area contributed by atoms with Crippen molar-refractivity contribution in [2.24, 2.45) is 0 Å². The van der Waals surface area contributed by atoms with Gasteiger partial charge in [-0.25, -0.2) is 4.98 Å². The Bertz CT molecular complexity index is 592. The first-order valence-corrected chi connectivity index (χ1v) is 6.06. The molecule has 2 rings (SSSR count). The Labute approximate surface area is 114 Å². The monoisotopic (exact) mass is 281 g/mol. The van der Waals surface area contributed by atoms with Gasteiger partial charge >= 0.3 is 6.18 Å². The predicted octanol–water partition coefficient (Wildman–Crippen LogP) is 3.72. The molecule has 2 heterocycles. The van der Waals surface area contributed by atoms with Crippen molar-refractivity contribution >= 4 is 5.82 Å². The van der Waals surface area contributed by atoms with Crippen LogP contribution in [0.25, 0.3) is 0 Å². The summed E-state index contributed by atoms with van der Waals surface area (Å²) < 4.78 is 37.1. The zero-order chi connectivity index (χ0) is 14.8. The summed E-state index contributed by atoms with van der Waals surface area (Å²) in [4.78, 5) is 7.74. The quantitative estimate of drug-likeness (QED) is 0.931. The lowest BCUT2D eigenvalue weighted by molar-refractivity contribution is -0.141. The standard InChI is InChI=1S/C14H14F3N3/c1-9-3-6-13(20-10(9)2)19-8-11-4-5-12(18-7-11)14(15,16)17/h3-7H,8H2,1-2H3,(H,19,20). The maximum absolute atomic E-state index is 12.4. The number of hydrogen-bond donors (Lipinski definition) is 1. The minimum Gasteiger partial charge on any atom is -0.366 e. The molecule has 0 saturated carbocycles. The first-order chi connectivity index (χ1) is 9.36. The number of aryl methyl sites for hydroxylation is 2. The number of nitrogens with one attached hydrogen (secondary N) is 1. The van der Waals surface area contributed by atoms with Gasteiger partial charge in [0.25, 0.3) is 0 Å². The molecular formula is C14H14F3N3. The topological polar surface area (TPSA) is 37.8 Å². The van der Waals surface area contributed by atoms with Crippen molar-refractivity contribution < 1.29 is 13.2 Å². The lowest BCUT2D eigenvalue weighted by Gasteiger charge is -2.09. The van der Waals surface area contributed by atoms with Crippen LogP contribution in [0.3, 0.4) is 0 Å². The molecule has 2 aromatic rings. The van der Waals surface area contributed by atoms with E-state index in [9.17, 15) is 13.2 Å². The lowest BCUT2D eigenvalue weighted by atomic mass is 10.2. The summed E-state index contributed by atoms with van der Waals surface area (Å²) in [5, 5.41) is 3.05. The largest absolute Gasteiger partial charge is 0.433 e. The third-order valence-corrected chi connectivity index (χ3v) is 2.94. The summed E-state index contributed by atoms with van der Waals surface area (Å²) in [5.41, 5.74) is 1.79. The average Bonchev–Trinajstić information content (AvgIpc) is 2.40. The fourth-order valence-electron chi connectivity index (χ4n) is 1.62. The fraction of sp³-hybridized carbons (Fsp3) is 0.286. The normalized spacial score (nSPS) is 11.4. The Balaban J connectivity index is 2.02. The van der Waals surface area contributed by atoms with Gasteiger partial charge in [-0.15, -0.1) is 0 Å². The average molecular weight is 281 g/mol. The number of pyridine rings is 2. The third kappa shape index (κ3) is 3.46. The first-order valence-electron chi connectivity index (χ1n) is 6.06.